The Labute approximate surface area is 134 Å². The molecule has 0 aliphatic carbocycles. The van der Waals surface area contributed by atoms with E-state index in [1.54, 1.807) is 25.1 Å². The topological polar surface area (TPSA) is 41.1 Å². The zero-order valence-electron chi connectivity index (χ0n) is 12.5. The van der Waals surface area contributed by atoms with Gasteiger partial charge in [0.05, 0.1) is 6.54 Å². The maximum absolute atomic E-state index is 13.4. The molecule has 22 heavy (non-hydrogen) atoms. The Morgan fingerprint density at radius 2 is 2.05 bits per heavy atom. The zero-order chi connectivity index (χ0) is 16.1. The third-order valence-electron chi connectivity index (χ3n) is 3.37. The van der Waals surface area contributed by atoms with Gasteiger partial charge >= 0.3 is 0 Å². The van der Waals surface area contributed by atoms with Gasteiger partial charge in [-0.25, -0.2) is 4.39 Å². The van der Waals surface area contributed by atoms with Crippen molar-refractivity contribution in [2.24, 2.45) is 0 Å². The highest BCUT2D eigenvalue weighted by Gasteiger charge is 2.09. The zero-order valence-corrected chi connectivity index (χ0v) is 13.2. The van der Waals surface area contributed by atoms with Crippen molar-refractivity contribution in [3.8, 4) is 0 Å². The fourth-order valence-corrected chi connectivity index (χ4v) is 2.21. The van der Waals surface area contributed by atoms with Crippen LogP contribution in [-0.4, -0.2) is 12.5 Å². The summed E-state index contributed by atoms with van der Waals surface area (Å²) in [5.41, 5.74) is 2.00. The average Bonchev–Trinajstić information content (AvgIpc) is 2.48. The van der Waals surface area contributed by atoms with Crippen LogP contribution in [0, 0.1) is 12.7 Å². The molecule has 0 aromatic heterocycles. The molecule has 0 fully saturated rings. The highest BCUT2D eigenvalue weighted by molar-refractivity contribution is 6.30. The number of rotatable bonds is 5. The molecule has 0 aliphatic heterocycles. The van der Waals surface area contributed by atoms with Crippen molar-refractivity contribution in [1.82, 2.24) is 5.32 Å². The van der Waals surface area contributed by atoms with E-state index in [-0.39, 0.29) is 24.3 Å². The lowest BCUT2D eigenvalue weighted by atomic mass is 10.1. The van der Waals surface area contributed by atoms with E-state index in [9.17, 15) is 9.18 Å². The number of aryl methyl sites for hydroxylation is 1. The van der Waals surface area contributed by atoms with Gasteiger partial charge < -0.3 is 10.6 Å². The number of benzene rings is 2. The Bertz CT molecular complexity index is 675. The lowest BCUT2D eigenvalue weighted by molar-refractivity contribution is -0.115. The van der Waals surface area contributed by atoms with E-state index in [2.05, 4.69) is 10.6 Å². The van der Waals surface area contributed by atoms with Gasteiger partial charge in [0.25, 0.3) is 0 Å². The van der Waals surface area contributed by atoms with Crippen LogP contribution in [0.5, 0.6) is 0 Å². The van der Waals surface area contributed by atoms with E-state index in [1.165, 1.54) is 6.07 Å². The van der Waals surface area contributed by atoms with Gasteiger partial charge in [0.2, 0.25) is 5.91 Å². The summed E-state index contributed by atoms with van der Waals surface area (Å²) in [6, 6.07) is 12.1. The summed E-state index contributed by atoms with van der Waals surface area (Å²) in [6.45, 7) is 3.75. The molecule has 5 heteroatoms. The third-order valence-corrected chi connectivity index (χ3v) is 3.61. The lowest BCUT2D eigenvalue weighted by Crippen LogP contribution is -2.30. The van der Waals surface area contributed by atoms with Gasteiger partial charge in [0.15, 0.2) is 0 Å². The van der Waals surface area contributed by atoms with Crippen LogP contribution in [0.25, 0.3) is 0 Å². The van der Waals surface area contributed by atoms with Gasteiger partial charge in [-0.3, -0.25) is 4.79 Å². The minimum atomic E-state index is -0.335. The summed E-state index contributed by atoms with van der Waals surface area (Å²) in [5, 5.41) is 6.43. The van der Waals surface area contributed by atoms with Gasteiger partial charge in [-0.05, 0) is 49.2 Å². The molecule has 0 saturated carbocycles. The van der Waals surface area contributed by atoms with Crippen molar-refractivity contribution >= 4 is 23.2 Å². The summed E-state index contributed by atoms with van der Waals surface area (Å²) in [4.78, 5) is 11.9. The largest absolute Gasteiger partial charge is 0.325 e. The SMILES string of the molecule is Cc1ccc(NC(=O)CN[C@@H](C)c2cccc(Cl)c2)cc1F. The maximum atomic E-state index is 13.4. The molecule has 3 nitrogen and oxygen atoms in total. The van der Waals surface area contributed by atoms with Gasteiger partial charge in [-0.15, -0.1) is 0 Å². The Balaban J connectivity index is 1.88. The smallest absolute Gasteiger partial charge is 0.238 e. The number of amides is 1. The molecule has 2 rings (SSSR count). The monoisotopic (exact) mass is 320 g/mol. The summed E-state index contributed by atoms with van der Waals surface area (Å²) in [7, 11) is 0. The fourth-order valence-electron chi connectivity index (χ4n) is 2.02. The second kappa shape index (κ2) is 7.38. The van der Waals surface area contributed by atoms with E-state index >= 15 is 0 Å². The highest BCUT2D eigenvalue weighted by Crippen LogP contribution is 2.17. The molecule has 2 N–H and O–H groups in total. The van der Waals surface area contributed by atoms with Gasteiger partial charge in [-0.2, -0.15) is 0 Å². The highest BCUT2D eigenvalue weighted by atomic mass is 35.5. The maximum Gasteiger partial charge on any atom is 0.238 e. The van der Waals surface area contributed by atoms with Crippen LogP contribution in [0.1, 0.15) is 24.1 Å². The molecule has 2 aromatic rings. The second-order valence-corrected chi connectivity index (χ2v) is 5.61. The van der Waals surface area contributed by atoms with Crippen LogP contribution in [0.15, 0.2) is 42.5 Å². The molecule has 0 bridgehead atoms. The predicted octanol–water partition coefficient (Wildman–Crippen LogP) is 4.08. The lowest BCUT2D eigenvalue weighted by Gasteiger charge is -2.14. The van der Waals surface area contributed by atoms with Gasteiger partial charge in [0, 0.05) is 16.8 Å². The average molecular weight is 321 g/mol. The first-order chi connectivity index (χ1) is 10.5. The third kappa shape index (κ3) is 4.55. The number of carbonyl (C=O) groups excluding carboxylic acids is 1. The fraction of sp³-hybridized carbons (Fsp3) is 0.235. The standard InChI is InChI=1S/C17H18ClFN2O/c1-11-6-7-15(9-16(11)19)21-17(22)10-20-12(2)13-4-3-5-14(18)8-13/h3-9,12,20H,10H2,1-2H3,(H,21,22)/t12-/m0/s1. The van der Waals surface area contributed by atoms with E-state index < -0.39 is 0 Å². The van der Waals surface area contributed by atoms with Crippen LogP contribution in [0.2, 0.25) is 5.02 Å². The number of hydrogen-bond donors (Lipinski definition) is 2. The van der Waals surface area contributed by atoms with Crippen molar-refractivity contribution in [1.29, 1.82) is 0 Å². The summed E-state index contributed by atoms with van der Waals surface area (Å²) in [5.74, 6) is -0.560. The van der Waals surface area contributed by atoms with Gasteiger partial charge in [0.1, 0.15) is 5.82 Å². The van der Waals surface area contributed by atoms with E-state index in [0.717, 1.165) is 5.56 Å². The van der Waals surface area contributed by atoms with E-state index in [1.807, 2.05) is 25.1 Å². The predicted molar refractivity (Wildman–Crippen MR) is 87.6 cm³/mol. The van der Waals surface area contributed by atoms with Crippen LogP contribution in [0.4, 0.5) is 10.1 Å². The Hall–Kier alpha value is -1.91. The van der Waals surface area contributed by atoms with Crippen LogP contribution < -0.4 is 10.6 Å². The Morgan fingerprint density at radius 1 is 1.27 bits per heavy atom. The molecule has 0 heterocycles. The Kier molecular flexibility index (Phi) is 5.52. The number of anilines is 1. The molecule has 116 valence electrons. The number of hydrogen-bond acceptors (Lipinski definition) is 2. The molecule has 1 amide bonds. The number of carbonyl (C=O) groups is 1. The molecule has 0 spiro atoms. The number of nitrogens with one attached hydrogen (secondary N) is 2. The van der Waals surface area contributed by atoms with Crippen molar-refractivity contribution < 1.29 is 9.18 Å². The van der Waals surface area contributed by atoms with Crippen molar-refractivity contribution in [2.75, 3.05) is 11.9 Å². The molecular formula is C17H18ClFN2O. The quantitative estimate of drug-likeness (QED) is 0.871. The molecule has 1 atom stereocenters. The molecule has 2 aromatic carbocycles. The molecule has 0 aliphatic rings. The summed E-state index contributed by atoms with van der Waals surface area (Å²) in [6.07, 6.45) is 0. The minimum Gasteiger partial charge on any atom is -0.325 e. The molecular weight excluding hydrogens is 303 g/mol. The van der Waals surface area contributed by atoms with Crippen LogP contribution in [0.3, 0.4) is 0 Å². The summed E-state index contributed by atoms with van der Waals surface area (Å²) >= 11 is 5.94. The second-order valence-electron chi connectivity index (χ2n) is 5.17. The first-order valence-electron chi connectivity index (χ1n) is 7.00. The molecule has 0 saturated heterocycles. The molecule has 0 unspecified atom stereocenters. The first-order valence-corrected chi connectivity index (χ1v) is 7.38. The number of halogens is 2. The van der Waals surface area contributed by atoms with Crippen molar-refractivity contribution in [3.63, 3.8) is 0 Å². The van der Waals surface area contributed by atoms with Crippen molar-refractivity contribution in [3.05, 3.63) is 64.4 Å². The van der Waals surface area contributed by atoms with E-state index in [0.29, 0.717) is 16.3 Å². The minimum absolute atomic E-state index is 0.0146. The van der Waals surface area contributed by atoms with Gasteiger partial charge in [-0.1, -0.05) is 29.8 Å². The summed E-state index contributed by atoms with van der Waals surface area (Å²) < 4.78 is 13.4. The van der Waals surface area contributed by atoms with Crippen LogP contribution in [-0.2, 0) is 4.79 Å². The molecule has 0 radical (unpaired) electrons. The normalized spacial score (nSPS) is 12.0. The van der Waals surface area contributed by atoms with E-state index in [4.69, 9.17) is 11.6 Å². The Morgan fingerprint density at radius 3 is 2.73 bits per heavy atom. The van der Waals surface area contributed by atoms with Crippen LogP contribution >= 0.6 is 11.6 Å². The van der Waals surface area contributed by atoms with Crippen molar-refractivity contribution in [2.45, 2.75) is 19.9 Å². The first kappa shape index (κ1) is 16.5.